The molecule has 1 saturated carbocycles. The molecule has 0 radical (unpaired) electrons. The van der Waals surface area contributed by atoms with Gasteiger partial charge in [0.2, 0.25) is 5.91 Å². The minimum absolute atomic E-state index is 0.179. The second kappa shape index (κ2) is 5.24. The summed E-state index contributed by atoms with van der Waals surface area (Å²) in [4.78, 5) is 14.3. The van der Waals surface area contributed by atoms with Crippen molar-refractivity contribution in [3.05, 3.63) is 24.3 Å². The van der Waals surface area contributed by atoms with E-state index in [-0.39, 0.29) is 11.8 Å². The zero-order valence-electron chi connectivity index (χ0n) is 11.6. The van der Waals surface area contributed by atoms with Crippen molar-refractivity contribution in [2.24, 2.45) is 11.8 Å². The monoisotopic (exact) mass is 258 g/mol. The normalized spacial score (nSPS) is 26.1. The lowest BCUT2D eigenvalue weighted by Crippen LogP contribution is -2.29. The molecule has 1 aromatic rings. The fraction of sp³-hybridized carbons (Fsp3) is 0.562. The minimum Gasteiger partial charge on any atom is -0.372 e. The Kier molecular flexibility index (Phi) is 3.45. The number of benzene rings is 1. The highest BCUT2D eigenvalue weighted by molar-refractivity contribution is 5.94. The van der Waals surface area contributed by atoms with Crippen LogP contribution in [0.15, 0.2) is 24.3 Å². The first-order chi connectivity index (χ1) is 9.24. The Morgan fingerprint density at radius 3 is 2.37 bits per heavy atom. The molecule has 1 aliphatic heterocycles. The number of hydrogen-bond acceptors (Lipinski definition) is 2. The SMILES string of the molecule is CC1CC1C(=O)Nc1ccc(N2CCCCC2)cc1. The summed E-state index contributed by atoms with van der Waals surface area (Å²) < 4.78 is 0. The molecule has 1 aliphatic carbocycles. The molecule has 1 N–H and O–H groups in total. The van der Waals surface area contributed by atoms with Crippen LogP contribution in [0.3, 0.4) is 0 Å². The molecule has 3 nitrogen and oxygen atoms in total. The highest BCUT2D eigenvalue weighted by Gasteiger charge is 2.38. The van der Waals surface area contributed by atoms with Crippen LogP contribution in [-0.4, -0.2) is 19.0 Å². The third-order valence-electron chi connectivity index (χ3n) is 4.30. The Labute approximate surface area is 115 Å². The van der Waals surface area contributed by atoms with Gasteiger partial charge in [0, 0.05) is 30.4 Å². The molecule has 0 aromatic heterocycles. The van der Waals surface area contributed by atoms with E-state index in [0.29, 0.717) is 5.92 Å². The summed E-state index contributed by atoms with van der Waals surface area (Å²) in [7, 11) is 0. The van der Waals surface area contributed by atoms with E-state index in [4.69, 9.17) is 0 Å². The van der Waals surface area contributed by atoms with E-state index < -0.39 is 0 Å². The zero-order valence-corrected chi connectivity index (χ0v) is 11.6. The molecule has 3 heteroatoms. The van der Waals surface area contributed by atoms with Crippen LogP contribution in [0.1, 0.15) is 32.6 Å². The summed E-state index contributed by atoms with van der Waals surface area (Å²) in [6, 6.07) is 8.29. The van der Waals surface area contributed by atoms with Crippen LogP contribution in [0, 0.1) is 11.8 Å². The van der Waals surface area contributed by atoms with Crippen molar-refractivity contribution in [2.75, 3.05) is 23.3 Å². The molecule has 1 amide bonds. The standard InChI is InChI=1S/C16H22N2O/c1-12-11-15(12)16(19)17-13-5-7-14(8-6-13)18-9-3-2-4-10-18/h5-8,12,15H,2-4,9-11H2,1H3,(H,17,19). The number of carbonyl (C=O) groups excluding carboxylic acids is 1. The number of nitrogens with zero attached hydrogens (tertiary/aromatic N) is 1. The molecule has 2 aliphatic rings. The van der Waals surface area contributed by atoms with E-state index in [0.717, 1.165) is 25.2 Å². The topological polar surface area (TPSA) is 32.3 Å². The third kappa shape index (κ3) is 2.91. The van der Waals surface area contributed by atoms with Crippen LogP contribution in [-0.2, 0) is 4.79 Å². The Morgan fingerprint density at radius 2 is 1.79 bits per heavy atom. The van der Waals surface area contributed by atoms with Crippen LogP contribution in [0.5, 0.6) is 0 Å². The Balaban J connectivity index is 1.60. The van der Waals surface area contributed by atoms with Gasteiger partial charge < -0.3 is 10.2 Å². The van der Waals surface area contributed by atoms with Gasteiger partial charge in [-0.2, -0.15) is 0 Å². The van der Waals surface area contributed by atoms with E-state index >= 15 is 0 Å². The highest BCUT2D eigenvalue weighted by atomic mass is 16.2. The number of amides is 1. The van der Waals surface area contributed by atoms with Gasteiger partial charge in [0.05, 0.1) is 0 Å². The molecular weight excluding hydrogens is 236 g/mol. The Morgan fingerprint density at radius 1 is 1.16 bits per heavy atom. The number of piperidine rings is 1. The summed E-state index contributed by atoms with van der Waals surface area (Å²) >= 11 is 0. The van der Waals surface area contributed by atoms with E-state index in [1.807, 2.05) is 12.1 Å². The number of rotatable bonds is 3. The number of anilines is 2. The molecular formula is C16H22N2O. The van der Waals surface area contributed by atoms with Crippen molar-refractivity contribution >= 4 is 17.3 Å². The highest BCUT2D eigenvalue weighted by Crippen LogP contribution is 2.38. The van der Waals surface area contributed by atoms with Gasteiger partial charge in [-0.3, -0.25) is 4.79 Å². The number of nitrogens with one attached hydrogen (secondary N) is 1. The Bertz CT molecular complexity index is 448. The second-order valence-corrected chi connectivity index (χ2v) is 5.90. The average Bonchev–Trinajstić information content (AvgIpc) is 3.18. The summed E-state index contributed by atoms with van der Waals surface area (Å²) in [5, 5.41) is 3.01. The van der Waals surface area contributed by atoms with Gasteiger partial charge in [-0.15, -0.1) is 0 Å². The molecule has 1 heterocycles. The van der Waals surface area contributed by atoms with Gasteiger partial charge >= 0.3 is 0 Å². The number of carbonyl (C=O) groups is 1. The molecule has 19 heavy (non-hydrogen) atoms. The van der Waals surface area contributed by atoms with Crippen LogP contribution >= 0.6 is 0 Å². The second-order valence-electron chi connectivity index (χ2n) is 5.90. The van der Waals surface area contributed by atoms with Gasteiger partial charge in [0.25, 0.3) is 0 Å². The minimum atomic E-state index is 0.179. The van der Waals surface area contributed by atoms with Crippen molar-refractivity contribution < 1.29 is 4.79 Å². The first kappa shape index (κ1) is 12.5. The van der Waals surface area contributed by atoms with Crippen molar-refractivity contribution in [2.45, 2.75) is 32.6 Å². The maximum atomic E-state index is 11.9. The molecule has 1 aromatic carbocycles. The molecule has 2 fully saturated rings. The predicted molar refractivity (Wildman–Crippen MR) is 78.4 cm³/mol. The molecule has 102 valence electrons. The molecule has 2 unspecified atom stereocenters. The average molecular weight is 258 g/mol. The van der Waals surface area contributed by atoms with Gasteiger partial charge in [0.15, 0.2) is 0 Å². The van der Waals surface area contributed by atoms with E-state index in [1.54, 1.807) is 0 Å². The fourth-order valence-electron chi connectivity index (χ4n) is 2.83. The van der Waals surface area contributed by atoms with E-state index in [9.17, 15) is 4.79 Å². The lowest BCUT2D eigenvalue weighted by atomic mass is 10.1. The van der Waals surface area contributed by atoms with E-state index in [2.05, 4.69) is 29.3 Å². The van der Waals surface area contributed by atoms with Crippen molar-refractivity contribution in [1.82, 2.24) is 0 Å². The van der Waals surface area contributed by atoms with Crippen LogP contribution < -0.4 is 10.2 Å². The lowest BCUT2D eigenvalue weighted by Gasteiger charge is -2.28. The molecule has 3 rings (SSSR count). The van der Waals surface area contributed by atoms with Gasteiger partial charge in [-0.1, -0.05) is 6.92 Å². The van der Waals surface area contributed by atoms with E-state index in [1.165, 1.54) is 24.9 Å². The maximum absolute atomic E-state index is 11.9. The summed E-state index contributed by atoms with van der Waals surface area (Å²) in [5.74, 6) is 0.979. The zero-order chi connectivity index (χ0) is 13.2. The summed E-state index contributed by atoms with van der Waals surface area (Å²) in [6.45, 7) is 4.44. The maximum Gasteiger partial charge on any atom is 0.227 e. The largest absolute Gasteiger partial charge is 0.372 e. The van der Waals surface area contributed by atoms with Crippen molar-refractivity contribution in [3.8, 4) is 0 Å². The third-order valence-corrected chi connectivity index (χ3v) is 4.30. The predicted octanol–water partition coefficient (Wildman–Crippen LogP) is 3.27. The summed E-state index contributed by atoms with van der Waals surface area (Å²) in [6.07, 6.45) is 4.97. The molecule has 1 saturated heterocycles. The van der Waals surface area contributed by atoms with Gasteiger partial charge in [0.1, 0.15) is 0 Å². The fourth-order valence-corrected chi connectivity index (χ4v) is 2.83. The first-order valence-electron chi connectivity index (χ1n) is 7.40. The van der Waals surface area contributed by atoms with Gasteiger partial charge in [-0.25, -0.2) is 0 Å². The Hall–Kier alpha value is -1.51. The molecule has 0 spiro atoms. The molecule has 0 bridgehead atoms. The smallest absolute Gasteiger partial charge is 0.227 e. The quantitative estimate of drug-likeness (QED) is 0.902. The lowest BCUT2D eigenvalue weighted by molar-refractivity contribution is -0.117. The van der Waals surface area contributed by atoms with Crippen molar-refractivity contribution in [3.63, 3.8) is 0 Å². The first-order valence-corrected chi connectivity index (χ1v) is 7.40. The number of hydrogen-bond donors (Lipinski definition) is 1. The van der Waals surface area contributed by atoms with Crippen LogP contribution in [0.25, 0.3) is 0 Å². The summed E-state index contributed by atoms with van der Waals surface area (Å²) in [5.41, 5.74) is 2.20. The van der Waals surface area contributed by atoms with Crippen LogP contribution in [0.2, 0.25) is 0 Å². The van der Waals surface area contributed by atoms with Gasteiger partial charge in [-0.05, 0) is 55.9 Å². The molecule has 2 atom stereocenters. The van der Waals surface area contributed by atoms with Crippen LogP contribution in [0.4, 0.5) is 11.4 Å². The van der Waals surface area contributed by atoms with Crippen molar-refractivity contribution in [1.29, 1.82) is 0 Å².